The van der Waals surface area contributed by atoms with Gasteiger partial charge in [0.05, 0.1) is 6.07 Å². The second-order valence-electron chi connectivity index (χ2n) is 2.17. The maximum absolute atomic E-state index is 7.51. The van der Waals surface area contributed by atoms with Gasteiger partial charge in [0.2, 0.25) is 0 Å². The highest BCUT2D eigenvalue weighted by atomic mass is 14.2. The summed E-state index contributed by atoms with van der Waals surface area (Å²) >= 11 is 0. The van der Waals surface area contributed by atoms with E-state index in [4.69, 9.17) is 5.26 Å². The van der Waals surface area contributed by atoms with Crippen molar-refractivity contribution in [2.75, 3.05) is 0 Å². The van der Waals surface area contributed by atoms with E-state index in [0.29, 0.717) is 0 Å². The molecule has 0 amide bonds. The molecule has 1 aromatic carbocycles. The van der Waals surface area contributed by atoms with Crippen molar-refractivity contribution in [3.05, 3.63) is 48.6 Å². The maximum Gasteiger partial charge on any atom is 0.0905 e. The average Bonchev–Trinajstić information content (AvgIpc) is 2.19. The number of allylic oxidation sites excluding steroid dienone is 1. The molecule has 0 fully saturated rings. The molecular weight excluding hydrogens is 146 g/mol. The van der Waals surface area contributed by atoms with Crippen molar-refractivity contribution in [1.82, 2.24) is 0 Å². The Hall–Kier alpha value is -1.55. The van der Waals surface area contributed by atoms with Gasteiger partial charge in [-0.3, -0.25) is 0 Å². The Kier molecular flexibility index (Phi) is 6.58. The lowest BCUT2D eigenvalue weighted by molar-refractivity contribution is 1.14. The van der Waals surface area contributed by atoms with Crippen molar-refractivity contribution in [3.63, 3.8) is 0 Å². The van der Waals surface area contributed by atoms with E-state index in [1.165, 1.54) is 11.6 Å². The topological polar surface area (TPSA) is 23.8 Å². The second kappa shape index (κ2) is 7.56. The molecule has 1 heteroatoms. The summed E-state index contributed by atoms with van der Waals surface area (Å²) in [7, 11) is 0. The smallest absolute Gasteiger partial charge is 0.0905 e. The lowest BCUT2D eigenvalue weighted by atomic mass is 10.2. The van der Waals surface area contributed by atoms with Gasteiger partial charge in [-0.25, -0.2) is 0 Å². The molecule has 0 saturated heterocycles. The van der Waals surface area contributed by atoms with Crippen LogP contribution in [-0.2, 0) is 6.42 Å². The minimum absolute atomic E-state index is 1.14. The molecule has 1 rings (SSSR count). The van der Waals surface area contributed by atoms with E-state index in [9.17, 15) is 0 Å². The Morgan fingerprint density at radius 2 is 1.92 bits per heavy atom. The number of benzene rings is 1. The van der Waals surface area contributed by atoms with Crippen LogP contribution in [0.3, 0.4) is 0 Å². The Morgan fingerprint density at radius 1 is 1.42 bits per heavy atom. The normalized spacial score (nSPS) is 7.33. The molecule has 0 radical (unpaired) electrons. The number of aryl methyl sites for hydroxylation is 1. The van der Waals surface area contributed by atoms with Crippen molar-refractivity contribution in [2.24, 2.45) is 0 Å². The summed E-state index contributed by atoms with van der Waals surface area (Å²) in [6.07, 6.45) is 2.32. The van der Waals surface area contributed by atoms with Gasteiger partial charge in [-0.05, 0) is 12.0 Å². The molecule has 0 heterocycles. The first-order valence-electron chi connectivity index (χ1n) is 3.89. The van der Waals surface area contributed by atoms with Gasteiger partial charge in [0.15, 0.2) is 0 Å². The van der Waals surface area contributed by atoms with E-state index in [1.54, 1.807) is 6.07 Å². The van der Waals surface area contributed by atoms with Gasteiger partial charge in [-0.1, -0.05) is 43.8 Å². The fraction of sp³-hybridized carbons (Fsp3) is 0.182. The minimum Gasteiger partial charge on any atom is -0.193 e. The summed E-state index contributed by atoms with van der Waals surface area (Å²) in [6.45, 7) is 5.28. The molecule has 0 N–H and O–H groups in total. The third-order valence-corrected chi connectivity index (χ3v) is 1.34. The highest BCUT2D eigenvalue weighted by molar-refractivity contribution is 5.13. The molecule has 0 aliphatic heterocycles. The van der Waals surface area contributed by atoms with E-state index < -0.39 is 0 Å². The third-order valence-electron chi connectivity index (χ3n) is 1.34. The maximum atomic E-state index is 7.51. The summed E-state index contributed by atoms with van der Waals surface area (Å²) in [5.41, 5.74) is 1.41. The van der Waals surface area contributed by atoms with Crippen LogP contribution < -0.4 is 0 Å². The predicted octanol–water partition coefficient (Wildman–Crippen LogP) is 2.94. The average molecular weight is 159 g/mol. The van der Waals surface area contributed by atoms with Crippen LogP contribution in [0.2, 0.25) is 0 Å². The molecule has 1 aromatic rings. The van der Waals surface area contributed by atoms with Gasteiger partial charge in [0.1, 0.15) is 0 Å². The number of rotatable bonds is 1. The molecule has 12 heavy (non-hydrogen) atoms. The zero-order valence-electron chi connectivity index (χ0n) is 7.33. The van der Waals surface area contributed by atoms with Crippen LogP contribution in [0.4, 0.5) is 0 Å². The second-order valence-corrected chi connectivity index (χ2v) is 2.17. The summed E-state index contributed by atoms with van der Waals surface area (Å²) < 4.78 is 0. The predicted molar refractivity (Wildman–Crippen MR) is 51.6 cm³/mol. The van der Waals surface area contributed by atoms with Crippen LogP contribution in [0.5, 0.6) is 0 Å². The van der Waals surface area contributed by atoms with E-state index in [1.807, 2.05) is 6.07 Å². The largest absolute Gasteiger partial charge is 0.193 e. The number of nitrogens with zero attached hydrogens (tertiary/aromatic N) is 1. The monoisotopic (exact) mass is 159 g/mol. The summed E-state index contributed by atoms with van der Waals surface area (Å²) in [6, 6.07) is 12.1. The van der Waals surface area contributed by atoms with Crippen LogP contribution in [0, 0.1) is 11.3 Å². The highest BCUT2D eigenvalue weighted by Crippen LogP contribution is 1.96. The molecule has 0 aliphatic carbocycles. The van der Waals surface area contributed by atoms with Crippen LogP contribution in [0.25, 0.3) is 0 Å². The molecule has 62 valence electrons. The van der Waals surface area contributed by atoms with Crippen molar-refractivity contribution < 1.29 is 0 Å². The first-order valence-corrected chi connectivity index (χ1v) is 3.89. The van der Waals surface area contributed by atoms with E-state index in [-0.39, 0.29) is 0 Å². The SMILES string of the molecule is C=CC#N.CCc1ccccc1. The molecular formula is C11H13N. The van der Waals surface area contributed by atoms with Gasteiger partial charge in [0, 0.05) is 6.08 Å². The number of hydrogen-bond acceptors (Lipinski definition) is 1. The first kappa shape index (κ1) is 10.4. The quantitative estimate of drug-likeness (QED) is 0.578. The molecule has 1 nitrogen and oxygen atoms in total. The van der Waals surface area contributed by atoms with E-state index in [2.05, 4.69) is 37.8 Å². The summed E-state index contributed by atoms with van der Waals surface area (Å²) in [5.74, 6) is 0. The Labute approximate surface area is 74.0 Å². The molecule has 0 unspecified atom stereocenters. The van der Waals surface area contributed by atoms with Gasteiger partial charge in [-0.2, -0.15) is 5.26 Å². The molecule has 0 aromatic heterocycles. The van der Waals surface area contributed by atoms with Crippen LogP contribution in [0.1, 0.15) is 12.5 Å². The Bertz CT molecular complexity index is 243. The molecule has 0 atom stereocenters. The number of nitriles is 1. The van der Waals surface area contributed by atoms with E-state index >= 15 is 0 Å². The van der Waals surface area contributed by atoms with Gasteiger partial charge < -0.3 is 0 Å². The van der Waals surface area contributed by atoms with Gasteiger partial charge in [0.25, 0.3) is 0 Å². The van der Waals surface area contributed by atoms with Crippen LogP contribution in [-0.4, -0.2) is 0 Å². The third kappa shape index (κ3) is 5.25. The fourth-order valence-corrected chi connectivity index (χ4v) is 0.714. The lowest BCUT2D eigenvalue weighted by Gasteiger charge is -1.89. The van der Waals surface area contributed by atoms with Crippen molar-refractivity contribution in [3.8, 4) is 6.07 Å². The Balaban J connectivity index is 0.000000261. The van der Waals surface area contributed by atoms with Crippen molar-refractivity contribution in [1.29, 1.82) is 5.26 Å². The molecule has 0 bridgehead atoms. The zero-order chi connectivity index (χ0) is 9.23. The zero-order valence-corrected chi connectivity index (χ0v) is 7.33. The Morgan fingerprint density at radius 3 is 2.17 bits per heavy atom. The molecule has 0 saturated carbocycles. The summed E-state index contributed by atoms with van der Waals surface area (Å²) in [4.78, 5) is 0. The van der Waals surface area contributed by atoms with Crippen molar-refractivity contribution in [2.45, 2.75) is 13.3 Å². The molecule has 0 aliphatic rings. The van der Waals surface area contributed by atoms with Crippen LogP contribution in [0.15, 0.2) is 43.0 Å². The molecule has 0 spiro atoms. The lowest BCUT2D eigenvalue weighted by Crippen LogP contribution is -1.73. The highest BCUT2D eigenvalue weighted by Gasteiger charge is 1.79. The van der Waals surface area contributed by atoms with E-state index in [0.717, 1.165) is 6.42 Å². The standard InChI is InChI=1S/C8H10.C3H3N/c1-2-8-6-4-3-5-7-8;1-2-3-4/h3-7H,2H2,1H3;2H,1H2. The number of hydrogen-bond donors (Lipinski definition) is 0. The van der Waals surface area contributed by atoms with Gasteiger partial charge >= 0.3 is 0 Å². The fourth-order valence-electron chi connectivity index (χ4n) is 0.714. The summed E-state index contributed by atoms with van der Waals surface area (Å²) in [5, 5.41) is 7.51. The minimum atomic E-state index is 1.14. The first-order chi connectivity index (χ1) is 5.85. The van der Waals surface area contributed by atoms with Crippen LogP contribution >= 0.6 is 0 Å². The van der Waals surface area contributed by atoms with Crippen molar-refractivity contribution >= 4 is 0 Å². The van der Waals surface area contributed by atoms with Gasteiger partial charge in [-0.15, -0.1) is 0 Å².